The van der Waals surface area contributed by atoms with Gasteiger partial charge < -0.3 is 10.1 Å². The molecule has 0 saturated heterocycles. The molecule has 1 aliphatic rings. The van der Waals surface area contributed by atoms with Gasteiger partial charge in [-0.3, -0.25) is 4.79 Å². The van der Waals surface area contributed by atoms with Gasteiger partial charge in [0, 0.05) is 11.3 Å². The van der Waals surface area contributed by atoms with E-state index >= 15 is 0 Å². The SMILES string of the molecule is CC1(C)OCc2ccccc2NC1=O. The molecule has 0 unspecified atom stereocenters. The van der Waals surface area contributed by atoms with Crippen molar-refractivity contribution in [1.82, 2.24) is 0 Å². The summed E-state index contributed by atoms with van der Waals surface area (Å²) in [4.78, 5) is 11.7. The molecule has 1 heterocycles. The zero-order valence-corrected chi connectivity index (χ0v) is 8.33. The Hall–Kier alpha value is -1.35. The van der Waals surface area contributed by atoms with Gasteiger partial charge in [0.2, 0.25) is 0 Å². The van der Waals surface area contributed by atoms with E-state index in [0.29, 0.717) is 6.61 Å². The van der Waals surface area contributed by atoms with E-state index < -0.39 is 5.60 Å². The van der Waals surface area contributed by atoms with Crippen LogP contribution < -0.4 is 5.32 Å². The lowest BCUT2D eigenvalue weighted by Crippen LogP contribution is -2.37. The molecule has 0 radical (unpaired) electrons. The Labute approximate surface area is 83.1 Å². The van der Waals surface area contributed by atoms with Gasteiger partial charge >= 0.3 is 0 Å². The number of hydrogen-bond acceptors (Lipinski definition) is 2. The summed E-state index contributed by atoms with van der Waals surface area (Å²) >= 11 is 0. The molecule has 1 aromatic rings. The molecule has 3 heteroatoms. The van der Waals surface area contributed by atoms with Crippen molar-refractivity contribution < 1.29 is 9.53 Å². The number of anilines is 1. The highest BCUT2D eigenvalue weighted by molar-refractivity contribution is 5.97. The Balaban J connectivity index is 2.38. The third kappa shape index (κ3) is 1.51. The van der Waals surface area contributed by atoms with Crippen molar-refractivity contribution in [1.29, 1.82) is 0 Å². The number of hydrogen-bond donors (Lipinski definition) is 1. The summed E-state index contributed by atoms with van der Waals surface area (Å²) < 4.78 is 5.52. The Morgan fingerprint density at radius 1 is 1.36 bits per heavy atom. The van der Waals surface area contributed by atoms with Crippen LogP contribution >= 0.6 is 0 Å². The van der Waals surface area contributed by atoms with E-state index in [1.165, 1.54) is 0 Å². The van der Waals surface area contributed by atoms with E-state index in [4.69, 9.17) is 4.74 Å². The summed E-state index contributed by atoms with van der Waals surface area (Å²) in [6, 6.07) is 7.68. The number of rotatable bonds is 0. The zero-order valence-electron chi connectivity index (χ0n) is 8.33. The smallest absolute Gasteiger partial charge is 0.256 e. The van der Waals surface area contributed by atoms with Crippen LogP contribution in [0.15, 0.2) is 24.3 Å². The maximum absolute atomic E-state index is 11.7. The highest BCUT2D eigenvalue weighted by atomic mass is 16.5. The predicted octanol–water partition coefficient (Wildman–Crippen LogP) is 1.93. The molecule has 0 bridgehead atoms. The first-order valence-corrected chi connectivity index (χ1v) is 4.63. The van der Waals surface area contributed by atoms with Crippen molar-refractivity contribution in [3.05, 3.63) is 29.8 Å². The second-order valence-electron chi connectivity index (χ2n) is 3.91. The van der Waals surface area contributed by atoms with Gasteiger partial charge in [-0.1, -0.05) is 18.2 Å². The third-order valence-corrected chi connectivity index (χ3v) is 2.40. The molecule has 1 N–H and O–H groups in total. The lowest BCUT2D eigenvalue weighted by Gasteiger charge is -2.20. The fourth-order valence-corrected chi connectivity index (χ4v) is 1.36. The van der Waals surface area contributed by atoms with Gasteiger partial charge in [-0.2, -0.15) is 0 Å². The molecule has 0 aliphatic carbocycles. The average molecular weight is 191 g/mol. The maximum Gasteiger partial charge on any atom is 0.256 e. The largest absolute Gasteiger partial charge is 0.361 e. The number of ether oxygens (including phenoxy) is 1. The molecule has 0 atom stereocenters. The van der Waals surface area contributed by atoms with Crippen LogP contribution in [0.25, 0.3) is 0 Å². The fraction of sp³-hybridized carbons (Fsp3) is 0.364. The standard InChI is InChI=1S/C11H13NO2/c1-11(2)10(13)12-9-6-4-3-5-8(9)7-14-11/h3-6H,7H2,1-2H3,(H,12,13). The lowest BCUT2D eigenvalue weighted by atomic mass is 10.1. The molecular weight excluding hydrogens is 178 g/mol. The molecule has 1 aliphatic heterocycles. The Morgan fingerprint density at radius 3 is 2.86 bits per heavy atom. The lowest BCUT2D eigenvalue weighted by molar-refractivity contribution is -0.137. The zero-order chi connectivity index (χ0) is 10.2. The van der Waals surface area contributed by atoms with Crippen LogP contribution in [-0.2, 0) is 16.1 Å². The Morgan fingerprint density at radius 2 is 2.07 bits per heavy atom. The molecule has 0 aromatic heterocycles. The van der Waals surface area contributed by atoms with Crippen molar-refractivity contribution >= 4 is 11.6 Å². The quantitative estimate of drug-likeness (QED) is 0.680. The molecule has 1 aromatic carbocycles. The van der Waals surface area contributed by atoms with Crippen molar-refractivity contribution in [2.45, 2.75) is 26.1 Å². The highest BCUT2D eigenvalue weighted by Gasteiger charge is 2.31. The molecule has 0 fully saturated rings. The summed E-state index contributed by atoms with van der Waals surface area (Å²) in [6.45, 7) is 4.02. The first kappa shape index (κ1) is 9.21. The fourth-order valence-electron chi connectivity index (χ4n) is 1.36. The minimum absolute atomic E-state index is 0.0950. The molecule has 2 rings (SSSR count). The number of amides is 1. The second kappa shape index (κ2) is 3.10. The van der Waals surface area contributed by atoms with Gasteiger partial charge in [-0.05, 0) is 19.9 Å². The maximum atomic E-state index is 11.7. The van der Waals surface area contributed by atoms with E-state index in [2.05, 4.69) is 5.32 Å². The van der Waals surface area contributed by atoms with E-state index in [9.17, 15) is 4.79 Å². The minimum atomic E-state index is -0.751. The first-order valence-electron chi connectivity index (χ1n) is 4.63. The van der Waals surface area contributed by atoms with Crippen molar-refractivity contribution in [3.63, 3.8) is 0 Å². The van der Waals surface area contributed by atoms with Crippen LogP contribution in [0.1, 0.15) is 19.4 Å². The van der Waals surface area contributed by atoms with Crippen LogP contribution in [0.3, 0.4) is 0 Å². The number of benzene rings is 1. The van der Waals surface area contributed by atoms with Crippen LogP contribution in [-0.4, -0.2) is 11.5 Å². The van der Waals surface area contributed by atoms with Gasteiger partial charge in [0.1, 0.15) is 5.60 Å². The Kier molecular flexibility index (Phi) is 2.04. The third-order valence-electron chi connectivity index (χ3n) is 2.40. The van der Waals surface area contributed by atoms with Crippen LogP contribution in [0.4, 0.5) is 5.69 Å². The van der Waals surface area contributed by atoms with Gasteiger partial charge in [0.25, 0.3) is 5.91 Å². The molecule has 0 spiro atoms. The summed E-state index contributed by atoms with van der Waals surface area (Å²) in [7, 11) is 0. The van der Waals surface area contributed by atoms with Crippen molar-refractivity contribution in [3.8, 4) is 0 Å². The van der Waals surface area contributed by atoms with Gasteiger partial charge in [-0.25, -0.2) is 0 Å². The van der Waals surface area contributed by atoms with E-state index in [-0.39, 0.29) is 5.91 Å². The van der Waals surface area contributed by atoms with E-state index in [0.717, 1.165) is 11.3 Å². The van der Waals surface area contributed by atoms with Gasteiger partial charge in [0.15, 0.2) is 0 Å². The van der Waals surface area contributed by atoms with Crippen LogP contribution in [0.2, 0.25) is 0 Å². The number of para-hydroxylation sites is 1. The molecule has 3 nitrogen and oxygen atoms in total. The summed E-state index contributed by atoms with van der Waals surface area (Å²) in [6.07, 6.45) is 0. The Bertz CT molecular complexity index is 371. The van der Waals surface area contributed by atoms with Crippen molar-refractivity contribution in [2.75, 3.05) is 5.32 Å². The second-order valence-corrected chi connectivity index (χ2v) is 3.91. The molecule has 0 saturated carbocycles. The van der Waals surface area contributed by atoms with Crippen LogP contribution in [0, 0.1) is 0 Å². The van der Waals surface area contributed by atoms with Crippen LogP contribution in [0.5, 0.6) is 0 Å². The molecule has 1 amide bonds. The highest BCUT2D eigenvalue weighted by Crippen LogP contribution is 2.25. The molecule has 74 valence electrons. The van der Waals surface area contributed by atoms with Crippen molar-refractivity contribution in [2.24, 2.45) is 0 Å². The number of carbonyl (C=O) groups is 1. The normalized spacial score (nSPS) is 19.4. The topological polar surface area (TPSA) is 38.3 Å². The van der Waals surface area contributed by atoms with Gasteiger partial charge in [-0.15, -0.1) is 0 Å². The minimum Gasteiger partial charge on any atom is -0.361 e. The number of carbonyl (C=O) groups excluding carboxylic acids is 1. The predicted molar refractivity (Wildman–Crippen MR) is 53.9 cm³/mol. The number of nitrogens with one attached hydrogen (secondary N) is 1. The summed E-state index contributed by atoms with van der Waals surface area (Å²) in [5, 5.41) is 2.85. The first-order chi connectivity index (χ1) is 6.59. The monoisotopic (exact) mass is 191 g/mol. The molecule has 14 heavy (non-hydrogen) atoms. The summed E-state index contributed by atoms with van der Waals surface area (Å²) in [5.41, 5.74) is 1.12. The number of fused-ring (bicyclic) bond motifs is 1. The van der Waals surface area contributed by atoms with Gasteiger partial charge in [0.05, 0.1) is 6.61 Å². The molecular formula is C11H13NO2. The average Bonchev–Trinajstić information content (AvgIpc) is 2.26. The van der Waals surface area contributed by atoms with E-state index in [1.807, 2.05) is 24.3 Å². The summed E-state index contributed by atoms with van der Waals surface area (Å²) in [5.74, 6) is -0.0950. The van der Waals surface area contributed by atoms with E-state index in [1.54, 1.807) is 13.8 Å².